The molecule has 1 fully saturated rings. The van der Waals surface area contributed by atoms with Crippen molar-refractivity contribution in [1.29, 1.82) is 0 Å². The van der Waals surface area contributed by atoms with Crippen molar-refractivity contribution in [2.75, 3.05) is 7.11 Å². The lowest BCUT2D eigenvalue weighted by atomic mass is 9.69. The van der Waals surface area contributed by atoms with Gasteiger partial charge in [0.15, 0.2) is 0 Å². The summed E-state index contributed by atoms with van der Waals surface area (Å²) in [5.41, 5.74) is 0.980. The molecule has 0 N–H and O–H groups in total. The lowest BCUT2D eigenvalue weighted by molar-refractivity contribution is -0.221. The normalized spacial score (nSPS) is 41.8. The highest BCUT2D eigenvalue weighted by Crippen LogP contribution is 2.48. The summed E-state index contributed by atoms with van der Waals surface area (Å²) < 4.78 is 11.6. The number of ether oxygens (including phenoxy) is 2. The van der Waals surface area contributed by atoms with E-state index in [1.807, 2.05) is 0 Å². The second-order valence-electron chi connectivity index (χ2n) is 4.59. The Hall–Kier alpha value is -0.340. The van der Waals surface area contributed by atoms with Crippen molar-refractivity contribution in [3.63, 3.8) is 0 Å². The summed E-state index contributed by atoms with van der Waals surface area (Å²) in [7, 11) is 1.79. The molecule has 3 aliphatic rings. The molecule has 74 valence electrons. The first-order chi connectivity index (χ1) is 6.02. The zero-order valence-electron chi connectivity index (χ0n) is 8.89. The summed E-state index contributed by atoms with van der Waals surface area (Å²) in [6.07, 6.45) is 4.70. The van der Waals surface area contributed by atoms with Gasteiger partial charge in [-0.05, 0) is 39.2 Å². The molecule has 2 aliphatic heterocycles. The van der Waals surface area contributed by atoms with Crippen molar-refractivity contribution in [1.82, 2.24) is 0 Å². The van der Waals surface area contributed by atoms with E-state index in [0.29, 0.717) is 6.10 Å². The SMILES string of the molecule is COC12CCC(C=C1C)OC2(C)C. The van der Waals surface area contributed by atoms with E-state index in [1.54, 1.807) is 7.11 Å². The van der Waals surface area contributed by atoms with Gasteiger partial charge < -0.3 is 9.47 Å². The molecule has 0 aromatic rings. The molecule has 2 atom stereocenters. The van der Waals surface area contributed by atoms with Crippen molar-refractivity contribution < 1.29 is 9.47 Å². The third kappa shape index (κ3) is 1.02. The second kappa shape index (κ2) is 2.58. The van der Waals surface area contributed by atoms with Gasteiger partial charge in [0.1, 0.15) is 5.60 Å². The van der Waals surface area contributed by atoms with E-state index in [9.17, 15) is 0 Å². The van der Waals surface area contributed by atoms with Gasteiger partial charge in [-0.2, -0.15) is 0 Å². The number of fused-ring (bicyclic) bond motifs is 2. The fourth-order valence-electron chi connectivity index (χ4n) is 2.89. The van der Waals surface area contributed by atoms with E-state index in [-0.39, 0.29) is 11.2 Å². The van der Waals surface area contributed by atoms with Gasteiger partial charge in [0, 0.05) is 7.11 Å². The van der Waals surface area contributed by atoms with E-state index in [0.717, 1.165) is 12.8 Å². The Kier molecular flexibility index (Phi) is 1.83. The van der Waals surface area contributed by atoms with Crippen LogP contribution in [0.1, 0.15) is 33.6 Å². The average Bonchev–Trinajstić information content (AvgIpc) is 2.02. The quantitative estimate of drug-likeness (QED) is 0.579. The maximum absolute atomic E-state index is 5.94. The summed E-state index contributed by atoms with van der Waals surface area (Å²) in [5.74, 6) is 0. The number of hydrogen-bond acceptors (Lipinski definition) is 2. The molecule has 2 unspecified atom stereocenters. The smallest absolute Gasteiger partial charge is 0.117 e. The van der Waals surface area contributed by atoms with E-state index in [4.69, 9.17) is 9.47 Å². The van der Waals surface area contributed by atoms with Crippen molar-refractivity contribution in [3.8, 4) is 0 Å². The maximum atomic E-state index is 5.94. The predicted octanol–water partition coefficient (Wildman–Crippen LogP) is 2.29. The minimum Gasteiger partial charge on any atom is -0.371 e. The fraction of sp³-hybridized carbons (Fsp3) is 0.818. The molecule has 0 spiro atoms. The molecule has 3 rings (SSSR count). The molecule has 2 bridgehead atoms. The van der Waals surface area contributed by atoms with Gasteiger partial charge >= 0.3 is 0 Å². The standard InChI is InChI=1S/C11H18O2/c1-8-7-9-5-6-11(8,12-4)10(2,3)13-9/h7,9H,5-6H2,1-4H3. The van der Waals surface area contributed by atoms with Crippen LogP contribution < -0.4 is 0 Å². The molecule has 2 heteroatoms. The third-order valence-electron chi connectivity index (χ3n) is 3.62. The molecular weight excluding hydrogens is 164 g/mol. The predicted molar refractivity (Wildman–Crippen MR) is 51.7 cm³/mol. The van der Waals surface area contributed by atoms with Gasteiger partial charge in [0.2, 0.25) is 0 Å². The van der Waals surface area contributed by atoms with E-state index >= 15 is 0 Å². The highest BCUT2D eigenvalue weighted by Gasteiger charge is 2.54. The Bertz CT molecular complexity index is 255. The Balaban J connectivity index is 2.47. The first-order valence-electron chi connectivity index (χ1n) is 4.94. The monoisotopic (exact) mass is 182 g/mol. The molecule has 13 heavy (non-hydrogen) atoms. The van der Waals surface area contributed by atoms with Gasteiger partial charge in [0.05, 0.1) is 11.7 Å². The van der Waals surface area contributed by atoms with Crippen LogP contribution in [0.2, 0.25) is 0 Å². The Labute approximate surface area is 79.9 Å². The summed E-state index contributed by atoms with van der Waals surface area (Å²) in [5, 5.41) is 0. The summed E-state index contributed by atoms with van der Waals surface area (Å²) in [4.78, 5) is 0. The van der Waals surface area contributed by atoms with Crippen LogP contribution in [0.5, 0.6) is 0 Å². The van der Waals surface area contributed by atoms with Crippen molar-refractivity contribution in [3.05, 3.63) is 11.6 Å². The topological polar surface area (TPSA) is 18.5 Å². The molecular formula is C11H18O2. The molecule has 1 aliphatic carbocycles. The largest absolute Gasteiger partial charge is 0.371 e. The Morgan fingerprint density at radius 2 is 2.23 bits per heavy atom. The highest BCUT2D eigenvalue weighted by molar-refractivity contribution is 5.29. The van der Waals surface area contributed by atoms with Crippen LogP contribution in [0.25, 0.3) is 0 Å². The molecule has 0 aromatic heterocycles. The number of methoxy groups -OCH3 is 1. The van der Waals surface area contributed by atoms with Crippen molar-refractivity contribution in [2.24, 2.45) is 0 Å². The molecule has 0 amide bonds. The second-order valence-corrected chi connectivity index (χ2v) is 4.59. The molecule has 1 saturated heterocycles. The lowest BCUT2D eigenvalue weighted by Gasteiger charge is -2.55. The van der Waals surface area contributed by atoms with E-state index in [2.05, 4.69) is 26.8 Å². The first-order valence-corrected chi connectivity index (χ1v) is 4.94. The zero-order chi connectivity index (χ0) is 9.69. The van der Waals surface area contributed by atoms with Gasteiger partial charge in [-0.1, -0.05) is 6.08 Å². The van der Waals surface area contributed by atoms with E-state index < -0.39 is 0 Å². The number of rotatable bonds is 1. The minimum atomic E-state index is -0.179. The van der Waals surface area contributed by atoms with Crippen LogP contribution >= 0.6 is 0 Å². The summed E-state index contributed by atoms with van der Waals surface area (Å²) in [6.45, 7) is 6.40. The first kappa shape index (κ1) is 9.22. The van der Waals surface area contributed by atoms with Crippen molar-refractivity contribution >= 4 is 0 Å². The summed E-state index contributed by atoms with van der Waals surface area (Å²) in [6, 6.07) is 0. The van der Waals surface area contributed by atoms with Crippen LogP contribution in [0.3, 0.4) is 0 Å². The Morgan fingerprint density at radius 3 is 2.62 bits per heavy atom. The average molecular weight is 182 g/mol. The molecule has 0 saturated carbocycles. The van der Waals surface area contributed by atoms with Gasteiger partial charge in [-0.15, -0.1) is 0 Å². The minimum absolute atomic E-state index is 0.177. The molecule has 2 nitrogen and oxygen atoms in total. The van der Waals surface area contributed by atoms with Crippen LogP contribution in [0.15, 0.2) is 11.6 Å². The zero-order valence-corrected chi connectivity index (χ0v) is 8.89. The summed E-state index contributed by atoms with van der Waals surface area (Å²) >= 11 is 0. The third-order valence-corrected chi connectivity index (χ3v) is 3.62. The van der Waals surface area contributed by atoms with Gasteiger partial charge in [0.25, 0.3) is 0 Å². The fourth-order valence-corrected chi connectivity index (χ4v) is 2.89. The van der Waals surface area contributed by atoms with Crippen LogP contribution in [-0.2, 0) is 9.47 Å². The van der Waals surface area contributed by atoms with E-state index in [1.165, 1.54) is 5.57 Å². The van der Waals surface area contributed by atoms with Gasteiger partial charge in [-0.25, -0.2) is 0 Å². The van der Waals surface area contributed by atoms with Crippen molar-refractivity contribution in [2.45, 2.75) is 50.9 Å². The van der Waals surface area contributed by atoms with Crippen LogP contribution in [0.4, 0.5) is 0 Å². The Morgan fingerprint density at radius 1 is 1.54 bits per heavy atom. The number of hydrogen-bond donors (Lipinski definition) is 0. The molecule has 0 aromatic carbocycles. The molecule has 2 heterocycles. The van der Waals surface area contributed by atoms with Gasteiger partial charge in [-0.3, -0.25) is 0 Å². The molecule has 0 radical (unpaired) electrons. The van der Waals surface area contributed by atoms with Crippen LogP contribution in [0, 0.1) is 0 Å². The maximum Gasteiger partial charge on any atom is 0.117 e. The highest BCUT2D eigenvalue weighted by atomic mass is 16.6. The lowest BCUT2D eigenvalue weighted by Crippen LogP contribution is -2.61. The van der Waals surface area contributed by atoms with Crippen LogP contribution in [-0.4, -0.2) is 24.4 Å².